The average molecular weight is 597 g/mol. The lowest BCUT2D eigenvalue weighted by Crippen LogP contribution is -2.60. The molecule has 10 nitrogen and oxygen atoms in total. The van der Waals surface area contributed by atoms with Crippen molar-refractivity contribution in [3.63, 3.8) is 0 Å². The van der Waals surface area contributed by atoms with Crippen LogP contribution < -0.4 is 16.0 Å². The Bertz CT molecular complexity index is 1170. The van der Waals surface area contributed by atoms with Gasteiger partial charge in [-0.3, -0.25) is 19.2 Å². The van der Waals surface area contributed by atoms with Gasteiger partial charge in [0.15, 0.2) is 0 Å². The summed E-state index contributed by atoms with van der Waals surface area (Å²) in [5.41, 5.74) is -1.14. The first-order valence-corrected chi connectivity index (χ1v) is 15.0. The van der Waals surface area contributed by atoms with Gasteiger partial charge in [-0.15, -0.1) is 0 Å². The Morgan fingerprint density at radius 3 is 2.30 bits per heavy atom. The van der Waals surface area contributed by atoms with Crippen LogP contribution in [0.5, 0.6) is 0 Å². The number of carbonyl (C=O) groups is 4. The van der Waals surface area contributed by atoms with Gasteiger partial charge in [-0.1, -0.05) is 27.2 Å². The second kappa shape index (κ2) is 11.6. The molecule has 1 saturated carbocycles. The van der Waals surface area contributed by atoms with E-state index in [9.17, 15) is 45.2 Å². The molecule has 3 aliphatic rings. The molecule has 15 heteroatoms. The van der Waals surface area contributed by atoms with E-state index in [1.165, 1.54) is 25.7 Å². The van der Waals surface area contributed by atoms with Crippen molar-refractivity contribution in [2.45, 2.75) is 77.2 Å². The van der Waals surface area contributed by atoms with E-state index in [2.05, 4.69) is 10.6 Å². The van der Waals surface area contributed by atoms with E-state index in [4.69, 9.17) is 0 Å². The number of halogens is 4. The van der Waals surface area contributed by atoms with Crippen molar-refractivity contribution in [2.24, 2.45) is 23.2 Å². The van der Waals surface area contributed by atoms with Gasteiger partial charge < -0.3 is 20.9 Å². The molecule has 0 aromatic rings. The fourth-order valence-corrected chi connectivity index (χ4v) is 6.20. The molecule has 2 heterocycles. The number of hydrogen-bond donors (Lipinski definition) is 3. The molecule has 0 aromatic carbocycles. The molecule has 40 heavy (non-hydrogen) atoms. The zero-order valence-electron chi connectivity index (χ0n) is 22.8. The lowest BCUT2D eigenvalue weighted by Gasteiger charge is -2.36. The standard InChI is InChI=1S/C25H36F4N4O6S/c1-24(2,3)19(32-23(37)25(27,28)29)22(36)33-12-14-6-5-7-16(14)18(33)21(35)31-15(11-17(26)40(4,38)39)10-13-8-9-30-20(13)34/h11,13-16,18-19H,5-10,12H2,1-4H3,(H,30,34)(H,31,35)(H,32,37)/b17-11-/t13-,14-,15-,16-,18+,19+/m1/s1. The first-order valence-electron chi connectivity index (χ1n) is 13.1. The summed E-state index contributed by atoms with van der Waals surface area (Å²) in [6.07, 6.45) is -1.55. The number of amides is 4. The van der Waals surface area contributed by atoms with Crippen LogP contribution in [0, 0.1) is 23.2 Å². The predicted octanol–water partition coefficient (Wildman–Crippen LogP) is 1.57. The second-order valence-electron chi connectivity index (χ2n) is 11.9. The molecule has 0 aromatic heterocycles. The molecule has 0 radical (unpaired) electrons. The summed E-state index contributed by atoms with van der Waals surface area (Å²) >= 11 is 0. The molecule has 6 atom stereocenters. The summed E-state index contributed by atoms with van der Waals surface area (Å²) in [4.78, 5) is 52.4. The molecular formula is C25H36F4N4O6S. The highest BCUT2D eigenvalue weighted by Crippen LogP contribution is 2.43. The van der Waals surface area contributed by atoms with Crippen LogP contribution in [0.4, 0.5) is 17.6 Å². The van der Waals surface area contributed by atoms with E-state index in [0.717, 1.165) is 6.42 Å². The van der Waals surface area contributed by atoms with Gasteiger partial charge in [-0.25, -0.2) is 8.42 Å². The predicted molar refractivity (Wildman–Crippen MR) is 135 cm³/mol. The summed E-state index contributed by atoms with van der Waals surface area (Å²) in [7, 11) is -4.24. The molecular weight excluding hydrogens is 560 g/mol. The third kappa shape index (κ3) is 7.32. The molecule has 0 bridgehead atoms. The summed E-state index contributed by atoms with van der Waals surface area (Å²) < 4.78 is 77.1. The molecule has 3 N–H and O–H groups in total. The van der Waals surface area contributed by atoms with Crippen molar-refractivity contribution in [3.05, 3.63) is 11.2 Å². The Labute approximate surface area is 230 Å². The number of fused-ring (bicyclic) bond motifs is 1. The number of likely N-dealkylation sites (tertiary alicyclic amines) is 1. The van der Waals surface area contributed by atoms with Gasteiger partial charge in [0, 0.05) is 25.3 Å². The molecule has 2 saturated heterocycles. The van der Waals surface area contributed by atoms with E-state index in [-0.39, 0.29) is 30.7 Å². The van der Waals surface area contributed by atoms with Crippen molar-refractivity contribution >= 4 is 33.5 Å². The highest BCUT2D eigenvalue weighted by molar-refractivity contribution is 7.94. The maximum absolute atomic E-state index is 14.5. The van der Waals surface area contributed by atoms with Gasteiger partial charge in [0.1, 0.15) is 12.1 Å². The molecule has 0 unspecified atom stereocenters. The first-order chi connectivity index (χ1) is 18.3. The van der Waals surface area contributed by atoms with E-state index in [1.807, 2.05) is 0 Å². The van der Waals surface area contributed by atoms with Crippen LogP contribution in [0.1, 0.15) is 52.9 Å². The normalized spacial score (nSPS) is 27.1. The Balaban J connectivity index is 1.91. The van der Waals surface area contributed by atoms with Crippen LogP contribution >= 0.6 is 0 Å². The minimum absolute atomic E-state index is 0.0826. The number of rotatable bonds is 8. The Morgan fingerprint density at radius 1 is 1.12 bits per heavy atom. The summed E-state index contributed by atoms with van der Waals surface area (Å²) in [6.45, 7) is 4.91. The van der Waals surface area contributed by atoms with Gasteiger partial charge in [-0.05, 0) is 49.0 Å². The molecule has 3 rings (SSSR count). The number of sulfone groups is 1. The van der Waals surface area contributed by atoms with Gasteiger partial charge in [0.05, 0.1) is 6.04 Å². The van der Waals surface area contributed by atoms with Gasteiger partial charge in [-0.2, -0.15) is 17.6 Å². The van der Waals surface area contributed by atoms with Crippen molar-refractivity contribution in [1.29, 1.82) is 0 Å². The van der Waals surface area contributed by atoms with E-state index < -0.39 is 68.4 Å². The largest absolute Gasteiger partial charge is 0.471 e. The molecule has 226 valence electrons. The van der Waals surface area contributed by atoms with Crippen LogP contribution in [0.3, 0.4) is 0 Å². The second-order valence-corrected chi connectivity index (χ2v) is 13.9. The summed E-state index contributed by atoms with van der Waals surface area (Å²) in [6, 6.07) is -3.95. The lowest BCUT2D eigenvalue weighted by molar-refractivity contribution is -0.176. The van der Waals surface area contributed by atoms with E-state index in [0.29, 0.717) is 38.1 Å². The number of alkyl halides is 3. The highest BCUT2D eigenvalue weighted by Gasteiger charge is 2.53. The summed E-state index contributed by atoms with van der Waals surface area (Å²) in [5.74, 6) is -5.25. The molecule has 0 spiro atoms. The number of hydrogen-bond acceptors (Lipinski definition) is 6. The minimum atomic E-state index is -5.22. The van der Waals surface area contributed by atoms with Crippen molar-refractivity contribution in [2.75, 3.05) is 19.3 Å². The smallest absolute Gasteiger partial charge is 0.356 e. The molecule has 2 aliphatic heterocycles. The average Bonchev–Trinajstić information content (AvgIpc) is 3.50. The SMILES string of the molecule is CC(C)(C)[C@@H](NC(=O)C(F)(F)F)C(=O)N1C[C@H]2CCC[C@H]2[C@H]1C(=O)N[C@@H](/C=C(/F)S(C)(=O)=O)C[C@H]1CCNC1=O. The summed E-state index contributed by atoms with van der Waals surface area (Å²) in [5, 5.41) is 5.50. The zero-order chi connectivity index (χ0) is 30.2. The van der Waals surface area contributed by atoms with Gasteiger partial charge in [0.2, 0.25) is 32.7 Å². The van der Waals surface area contributed by atoms with Crippen LogP contribution in [0.25, 0.3) is 0 Å². The maximum Gasteiger partial charge on any atom is 0.471 e. The van der Waals surface area contributed by atoms with Gasteiger partial charge in [0.25, 0.3) is 0 Å². The zero-order valence-corrected chi connectivity index (χ0v) is 23.6. The Hall–Kier alpha value is -2.71. The monoisotopic (exact) mass is 596 g/mol. The fraction of sp³-hybridized carbons (Fsp3) is 0.760. The van der Waals surface area contributed by atoms with E-state index >= 15 is 0 Å². The quantitative estimate of drug-likeness (QED) is 0.364. The van der Waals surface area contributed by atoms with Crippen LogP contribution in [-0.2, 0) is 29.0 Å². The molecule has 4 amide bonds. The van der Waals surface area contributed by atoms with Gasteiger partial charge >= 0.3 is 12.1 Å². The fourth-order valence-electron chi connectivity index (χ4n) is 5.79. The van der Waals surface area contributed by atoms with Crippen LogP contribution in [0.15, 0.2) is 11.2 Å². The Morgan fingerprint density at radius 2 is 1.77 bits per heavy atom. The van der Waals surface area contributed by atoms with Crippen molar-refractivity contribution in [3.8, 4) is 0 Å². The third-order valence-electron chi connectivity index (χ3n) is 7.80. The maximum atomic E-state index is 14.5. The third-order valence-corrected chi connectivity index (χ3v) is 8.65. The van der Waals surface area contributed by atoms with Crippen molar-refractivity contribution in [1.82, 2.24) is 20.9 Å². The van der Waals surface area contributed by atoms with Crippen LogP contribution in [-0.4, -0.2) is 80.6 Å². The Kier molecular flexibility index (Phi) is 9.26. The number of carbonyl (C=O) groups excluding carboxylic acids is 4. The minimum Gasteiger partial charge on any atom is -0.356 e. The lowest BCUT2D eigenvalue weighted by atomic mass is 9.85. The highest BCUT2D eigenvalue weighted by atomic mass is 32.2. The topological polar surface area (TPSA) is 142 Å². The molecule has 3 fully saturated rings. The van der Waals surface area contributed by atoms with E-state index in [1.54, 1.807) is 5.32 Å². The number of nitrogens with zero attached hydrogens (tertiary/aromatic N) is 1. The number of nitrogens with one attached hydrogen (secondary N) is 3. The van der Waals surface area contributed by atoms with Crippen molar-refractivity contribution < 1.29 is 45.2 Å². The molecule has 1 aliphatic carbocycles. The first kappa shape index (κ1) is 31.8. The van der Waals surface area contributed by atoms with Crippen LogP contribution in [0.2, 0.25) is 0 Å².